The van der Waals surface area contributed by atoms with E-state index in [1.807, 2.05) is 0 Å². The summed E-state index contributed by atoms with van der Waals surface area (Å²) in [6.45, 7) is 2.84. The Labute approximate surface area is 121 Å². The standard InChI is InChI=1S/C11H13Cl2NO4S/c1-7(2)18-10(15)6-14-19(16,17)11-8(12)4-3-5-9(11)13/h3-5,7,14H,6H2,1-2H3. The Hall–Kier alpha value is -0.820. The molecule has 8 heteroatoms. The van der Waals surface area contributed by atoms with Crippen molar-refractivity contribution in [2.45, 2.75) is 24.8 Å². The maximum absolute atomic E-state index is 12.0. The molecule has 0 spiro atoms. The van der Waals surface area contributed by atoms with Gasteiger partial charge in [0.1, 0.15) is 11.4 Å². The molecular weight excluding hydrogens is 313 g/mol. The number of hydrogen-bond donors (Lipinski definition) is 1. The van der Waals surface area contributed by atoms with Crippen molar-refractivity contribution >= 4 is 39.2 Å². The van der Waals surface area contributed by atoms with E-state index < -0.39 is 22.5 Å². The SMILES string of the molecule is CC(C)OC(=O)CNS(=O)(=O)c1c(Cl)cccc1Cl. The fourth-order valence-electron chi connectivity index (χ4n) is 1.27. The molecule has 1 aromatic rings. The first-order valence-electron chi connectivity index (χ1n) is 5.37. The van der Waals surface area contributed by atoms with Crippen LogP contribution in [0.25, 0.3) is 0 Å². The van der Waals surface area contributed by atoms with E-state index in [4.69, 9.17) is 27.9 Å². The summed E-state index contributed by atoms with van der Waals surface area (Å²) in [6, 6.07) is 4.32. The summed E-state index contributed by atoms with van der Waals surface area (Å²) < 4.78 is 30.9. The number of esters is 1. The van der Waals surface area contributed by atoms with Gasteiger partial charge in [-0.3, -0.25) is 4.79 Å². The van der Waals surface area contributed by atoms with Crippen molar-refractivity contribution in [1.29, 1.82) is 0 Å². The topological polar surface area (TPSA) is 72.5 Å². The van der Waals surface area contributed by atoms with Gasteiger partial charge in [0.05, 0.1) is 16.1 Å². The van der Waals surface area contributed by atoms with Crippen LogP contribution in [0.15, 0.2) is 23.1 Å². The first-order chi connectivity index (χ1) is 8.74. The maximum atomic E-state index is 12.0. The summed E-state index contributed by atoms with van der Waals surface area (Å²) in [4.78, 5) is 11.0. The smallest absolute Gasteiger partial charge is 0.321 e. The Morgan fingerprint density at radius 3 is 2.32 bits per heavy atom. The molecule has 0 aromatic heterocycles. The van der Waals surface area contributed by atoms with Crippen molar-refractivity contribution in [2.24, 2.45) is 0 Å². The summed E-state index contributed by atoms with van der Waals surface area (Å²) in [5.41, 5.74) is 0. The first kappa shape index (κ1) is 16.2. The highest BCUT2D eigenvalue weighted by molar-refractivity contribution is 7.89. The largest absolute Gasteiger partial charge is 0.462 e. The van der Waals surface area contributed by atoms with Crippen LogP contribution in [0.5, 0.6) is 0 Å². The molecule has 0 heterocycles. The van der Waals surface area contributed by atoms with Crippen molar-refractivity contribution < 1.29 is 17.9 Å². The Morgan fingerprint density at radius 1 is 1.32 bits per heavy atom. The van der Waals surface area contributed by atoms with Crippen LogP contribution in [-0.4, -0.2) is 27.0 Å². The second-order valence-electron chi connectivity index (χ2n) is 3.91. The van der Waals surface area contributed by atoms with Crippen LogP contribution in [0.2, 0.25) is 10.0 Å². The molecule has 19 heavy (non-hydrogen) atoms. The lowest BCUT2D eigenvalue weighted by Gasteiger charge is -2.11. The fourth-order valence-corrected chi connectivity index (χ4v) is 3.38. The normalized spacial score (nSPS) is 11.6. The second kappa shape index (κ2) is 6.56. The minimum atomic E-state index is -3.97. The lowest BCUT2D eigenvalue weighted by atomic mass is 10.4. The fraction of sp³-hybridized carbons (Fsp3) is 0.364. The number of carbonyl (C=O) groups is 1. The molecule has 106 valence electrons. The molecule has 0 radical (unpaired) electrons. The third-order valence-electron chi connectivity index (χ3n) is 1.96. The molecule has 5 nitrogen and oxygen atoms in total. The van der Waals surface area contributed by atoms with Gasteiger partial charge in [-0.15, -0.1) is 0 Å². The number of nitrogens with one attached hydrogen (secondary N) is 1. The molecule has 1 N–H and O–H groups in total. The van der Waals surface area contributed by atoms with Crippen molar-refractivity contribution in [3.8, 4) is 0 Å². The van der Waals surface area contributed by atoms with Crippen LogP contribution < -0.4 is 4.72 Å². The molecule has 0 unspecified atom stereocenters. The van der Waals surface area contributed by atoms with E-state index in [1.165, 1.54) is 18.2 Å². The molecule has 0 aliphatic heterocycles. The van der Waals surface area contributed by atoms with E-state index in [0.717, 1.165) is 0 Å². The van der Waals surface area contributed by atoms with E-state index >= 15 is 0 Å². The van der Waals surface area contributed by atoms with Crippen LogP contribution >= 0.6 is 23.2 Å². The Bertz CT molecular complexity index is 552. The number of ether oxygens (including phenoxy) is 1. The second-order valence-corrected chi connectivity index (χ2v) is 6.43. The van der Waals surface area contributed by atoms with E-state index in [1.54, 1.807) is 13.8 Å². The van der Waals surface area contributed by atoms with E-state index in [0.29, 0.717) is 0 Å². The first-order valence-corrected chi connectivity index (χ1v) is 7.61. The summed E-state index contributed by atoms with van der Waals surface area (Å²) >= 11 is 11.6. The van der Waals surface area contributed by atoms with Crippen LogP contribution in [0.4, 0.5) is 0 Å². The van der Waals surface area contributed by atoms with Gasteiger partial charge in [0.2, 0.25) is 10.0 Å². The summed E-state index contributed by atoms with van der Waals surface area (Å²) in [7, 11) is -3.97. The van der Waals surface area contributed by atoms with E-state index in [9.17, 15) is 13.2 Å². The lowest BCUT2D eigenvalue weighted by Crippen LogP contribution is -2.32. The molecule has 0 aliphatic carbocycles. The highest BCUT2D eigenvalue weighted by atomic mass is 35.5. The predicted molar refractivity (Wildman–Crippen MR) is 72.9 cm³/mol. The van der Waals surface area contributed by atoms with Gasteiger partial charge in [0.25, 0.3) is 0 Å². The molecule has 0 amide bonds. The number of hydrogen-bond acceptors (Lipinski definition) is 4. The number of halogens is 2. The van der Waals surface area contributed by atoms with Crippen molar-refractivity contribution in [2.75, 3.05) is 6.54 Å². The molecule has 1 rings (SSSR count). The van der Waals surface area contributed by atoms with Crippen molar-refractivity contribution in [3.63, 3.8) is 0 Å². The van der Waals surface area contributed by atoms with Crippen molar-refractivity contribution in [1.82, 2.24) is 4.72 Å². The minimum absolute atomic E-state index is 0.0165. The predicted octanol–water partition coefficient (Wildman–Crippen LogP) is 2.22. The molecule has 0 saturated carbocycles. The van der Waals surface area contributed by atoms with Crippen LogP contribution in [-0.2, 0) is 19.6 Å². The molecule has 0 aliphatic rings. The maximum Gasteiger partial charge on any atom is 0.321 e. The molecule has 1 aromatic carbocycles. The lowest BCUT2D eigenvalue weighted by molar-refractivity contribution is -0.145. The van der Waals surface area contributed by atoms with Gasteiger partial charge in [0, 0.05) is 0 Å². The number of rotatable bonds is 5. The number of carbonyl (C=O) groups excluding carboxylic acids is 1. The van der Waals surface area contributed by atoms with Gasteiger partial charge < -0.3 is 4.74 Å². The summed E-state index contributed by atoms with van der Waals surface area (Å²) in [5, 5.41) is -0.0329. The summed E-state index contributed by atoms with van der Waals surface area (Å²) in [6.07, 6.45) is -0.319. The van der Waals surface area contributed by atoms with Crippen LogP contribution in [0, 0.1) is 0 Å². The average Bonchev–Trinajstić information content (AvgIpc) is 2.25. The van der Waals surface area contributed by atoms with Gasteiger partial charge in [-0.1, -0.05) is 29.3 Å². The number of benzene rings is 1. The van der Waals surface area contributed by atoms with Gasteiger partial charge in [-0.25, -0.2) is 8.42 Å². The van der Waals surface area contributed by atoms with Gasteiger partial charge in [0.15, 0.2) is 0 Å². The van der Waals surface area contributed by atoms with Gasteiger partial charge >= 0.3 is 5.97 Å². The van der Waals surface area contributed by atoms with E-state index in [2.05, 4.69) is 4.72 Å². The Balaban J connectivity index is 2.85. The quantitative estimate of drug-likeness (QED) is 0.842. The zero-order chi connectivity index (χ0) is 14.6. The highest BCUT2D eigenvalue weighted by Crippen LogP contribution is 2.28. The zero-order valence-electron chi connectivity index (χ0n) is 10.3. The Morgan fingerprint density at radius 2 is 1.84 bits per heavy atom. The molecule has 0 bridgehead atoms. The third kappa shape index (κ3) is 4.65. The van der Waals surface area contributed by atoms with Crippen LogP contribution in [0.3, 0.4) is 0 Å². The molecular formula is C11H13Cl2NO4S. The molecule has 0 fully saturated rings. The van der Waals surface area contributed by atoms with Crippen LogP contribution in [0.1, 0.15) is 13.8 Å². The monoisotopic (exact) mass is 325 g/mol. The zero-order valence-corrected chi connectivity index (χ0v) is 12.6. The Kier molecular flexibility index (Phi) is 5.61. The van der Waals surface area contributed by atoms with E-state index in [-0.39, 0.29) is 21.0 Å². The third-order valence-corrected chi connectivity index (χ3v) is 4.32. The van der Waals surface area contributed by atoms with Gasteiger partial charge in [-0.05, 0) is 26.0 Å². The average molecular weight is 326 g/mol. The molecule has 0 saturated heterocycles. The van der Waals surface area contributed by atoms with Gasteiger partial charge in [-0.2, -0.15) is 4.72 Å². The highest BCUT2D eigenvalue weighted by Gasteiger charge is 2.22. The van der Waals surface area contributed by atoms with Crippen molar-refractivity contribution in [3.05, 3.63) is 28.2 Å². The minimum Gasteiger partial charge on any atom is -0.462 e. The summed E-state index contributed by atoms with van der Waals surface area (Å²) in [5.74, 6) is -0.679. The molecule has 0 atom stereocenters. The number of sulfonamides is 1.